The van der Waals surface area contributed by atoms with Gasteiger partial charge in [0.25, 0.3) is 0 Å². The summed E-state index contributed by atoms with van der Waals surface area (Å²) in [6, 6.07) is 0.683. The number of hydrogen-bond donors (Lipinski definition) is 1. The van der Waals surface area contributed by atoms with E-state index < -0.39 is 8.80 Å². The predicted octanol–water partition coefficient (Wildman–Crippen LogP) is 1.09. The minimum absolute atomic E-state index is 0.292. The molecule has 0 aliphatic heterocycles. The van der Waals surface area contributed by atoms with E-state index in [2.05, 4.69) is 6.58 Å². The third-order valence-corrected chi connectivity index (χ3v) is 5.36. The van der Waals surface area contributed by atoms with Crippen molar-refractivity contribution in [2.24, 2.45) is 5.73 Å². The van der Waals surface area contributed by atoms with Crippen LogP contribution < -0.4 is 5.73 Å². The normalized spacial score (nSPS) is 11.4. The standard InChI is InChI=1S/C12H25NO5Si/c1-11(2)12(14)17-8-6-9-18-19(15-3,16-4)10-5-7-13/h1,5-10,13H2,2-4H3. The zero-order valence-corrected chi connectivity index (χ0v) is 13.1. The monoisotopic (exact) mass is 291 g/mol. The van der Waals surface area contributed by atoms with Crippen molar-refractivity contribution >= 4 is 14.8 Å². The molecule has 0 spiro atoms. The van der Waals surface area contributed by atoms with E-state index in [-0.39, 0.29) is 5.97 Å². The first-order chi connectivity index (χ1) is 9.01. The molecule has 0 saturated heterocycles. The van der Waals surface area contributed by atoms with Crippen LogP contribution >= 0.6 is 0 Å². The molecule has 0 saturated carbocycles. The molecule has 2 N–H and O–H groups in total. The molecule has 7 heteroatoms. The van der Waals surface area contributed by atoms with Crippen LogP contribution in [0, 0.1) is 0 Å². The summed E-state index contributed by atoms with van der Waals surface area (Å²) in [6.07, 6.45) is 1.38. The Morgan fingerprint density at radius 3 is 2.32 bits per heavy atom. The van der Waals surface area contributed by atoms with Crippen LogP contribution in [0.2, 0.25) is 6.04 Å². The van der Waals surface area contributed by atoms with E-state index in [4.69, 9.17) is 23.7 Å². The van der Waals surface area contributed by atoms with Crippen molar-refractivity contribution in [3.05, 3.63) is 12.2 Å². The Morgan fingerprint density at radius 2 is 1.84 bits per heavy atom. The van der Waals surface area contributed by atoms with Crippen LogP contribution in [-0.2, 0) is 22.8 Å². The lowest BCUT2D eigenvalue weighted by Gasteiger charge is -2.26. The van der Waals surface area contributed by atoms with E-state index in [1.165, 1.54) is 0 Å². The summed E-state index contributed by atoms with van der Waals surface area (Å²) in [7, 11) is 0.552. The van der Waals surface area contributed by atoms with Crippen LogP contribution in [0.1, 0.15) is 19.8 Å². The fourth-order valence-electron chi connectivity index (χ4n) is 1.37. The molecule has 0 aromatic heterocycles. The molecule has 0 rings (SSSR count). The first kappa shape index (κ1) is 18.3. The van der Waals surface area contributed by atoms with Gasteiger partial charge in [-0.15, -0.1) is 0 Å². The summed E-state index contributed by atoms with van der Waals surface area (Å²) in [5, 5.41) is 0. The van der Waals surface area contributed by atoms with Crippen molar-refractivity contribution in [2.75, 3.05) is 34.0 Å². The van der Waals surface area contributed by atoms with Gasteiger partial charge in [0.1, 0.15) is 0 Å². The molecule has 0 aromatic rings. The van der Waals surface area contributed by atoms with Gasteiger partial charge in [0.15, 0.2) is 0 Å². The molecular weight excluding hydrogens is 266 g/mol. The molecule has 6 nitrogen and oxygen atoms in total. The smallest absolute Gasteiger partial charge is 0.462 e. The van der Waals surface area contributed by atoms with Gasteiger partial charge in [-0.05, 0) is 19.9 Å². The lowest BCUT2D eigenvalue weighted by Crippen LogP contribution is -2.44. The number of carbonyl (C=O) groups is 1. The third-order valence-electron chi connectivity index (χ3n) is 2.50. The van der Waals surface area contributed by atoms with Gasteiger partial charge in [-0.2, -0.15) is 0 Å². The van der Waals surface area contributed by atoms with Gasteiger partial charge >= 0.3 is 14.8 Å². The van der Waals surface area contributed by atoms with Crippen LogP contribution in [0.5, 0.6) is 0 Å². The van der Waals surface area contributed by atoms with E-state index >= 15 is 0 Å². The molecule has 0 atom stereocenters. The molecular formula is C12H25NO5Si. The van der Waals surface area contributed by atoms with E-state index in [1.807, 2.05) is 0 Å². The summed E-state index contributed by atoms with van der Waals surface area (Å²) < 4.78 is 21.4. The second kappa shape index (κ2) is 10.1. The highest BCUT2D eigenvalue weighted by Crippen LogP contribution is 2.15. The number of nitrogens with two attached hydrogens (primary N) is 1. The third kappa shape index (κ3) is 7.43. The quantitative estimate of drug-likeness (QED) is 0.266. The summed E-state index contributed by atoms with van der Waals surface area (Å²) in [4.78, 5) is 11.1. The highest BCUT2D eigenvalue weighted by atomic mass is 28.4. The number of hydrogen-bond acceptors (Lipinski definition) is 6. The van der Waals surface area contributed by atoms with E-state index in [0.29, 0.717) is 37.8 Å². The van der Waals surface area contributed by atoms with Crippen LogP contribution in [0.25, 0.3) is 0 Å². The summed E-state index contributed by atoms with van der Waals surface area (Å²) in [5.41, 5.74) is 5.86. The van der Waals surface area contributed by atoms with Crippen molar-refractivity contribution in [3.8, 4) is 0 Å². The van der Waals surface area contributed by atoms with Crippen LogP contribution in [-0.4, -0.2) is 48.8 Å². The first-order valence-corrected chi connectivity index (χ1v) is 8.21. The maximum Gasteiger partial charge on any atom is 0.500 e. The Kier molecular flexibility index (Phi) is 9.71. The lowest BCUT2D eigenvalue weighted by molar-refractivity contribution is -0.139. The molecule has 0 radical (unpaired) electrons. The predicted molar refractivity (Wildman–Crippen MR) is 74.6 cm³/mol. The fraction of sp³-hybridized carbons (Fsp3) is 0.750. The summed E-state index contributed by atoms with van der Waals surface area (Å²) in [6.45, 7) is 6.39. The highest BCUT2D eigenvalue weighted by Gasteiger charge is 2.37. The number of carbonyl (C=O) groups excluding carboxylic acids is 1. The molecule has 0 heterocycles. The van der Waals surface area contributed by atoms with Crippen molar-refractivity contribution in [1.29, 1.82) is 0 Å². The number of esters is 1. The molecule has 19 heavy (non-hydrogen) atoms. The van der Waals surface area contributed by atoms with Gasteiger partial charge in [0.05, 0.1) is 6.61 Å². The molecule has 0 fully saturated rings. The van der Waals surface area contributed by atoms with Crippen molar-refractivity contribution in [1.82, 2.24) is 0 Å². The number of rotatable bonds is 11. The Hall–Kier alpha value is -0.733. The lowest BCUT2D eigenvalue weighted by atomic mass is 10.4. The van der Waals surface area contributed by atoms with Crippen molar-refractivity contribution < 1.29 is 22.8 Å². The fourth-order valence-corrected chi connectivity index (χ4v) is 3.42. The van der Waals surface area contributed by atoms with E-state index in [9.17, 15) is 4.79 Å². The van der Waals surface area contributed by atoms with E-state index in [0.717, 1.165) is 6.42 Å². The minimum atomic E-state index is -2.60. The van der Waals surface area contributed by atoms with Crippen molar-refractivity contribution in [3.63, 3.8) is 0 Å². The molecule has 112 valence electrons. The molecule has 0 amide bonds. The SMILES string of the molecule is C=C(C)C(=O)OCCCO[Si](CCCN)(OC)OC. The van der Waals surface area contributed by atoms with E-state index in [1.54, 1.807) is 21.1 Å². The Bertz CT molecular complexity index is 281. The molecule has 0 aromatic carbocycles. The molecule has 0 unspecified atom stereocenters. The zero-order chi connectivity index (χ0) is 14.7. The molecule has 0 aliphatic rings. The average molecular weight is 291 g/mol. The second-order valence-corrected chi connectivity index (χ2v) is 7.07. The van der Waals surface area contributed by atoms with Gasteiger partial charge < -0.3 is 23.7 Å². The maximum atomic E-state index is 11.1. The molecule has 0 aliphatic carbocycles. The Balaban J connectivity index is 3.93. The second-order valence-electron chi connectivity index (χ2n) is 4.10. The number of ether oxygens (including phenoxy) is 1. The van der Waals surface area contributed by atoms with Gasteiger partial charge in [-0.3, -0.25) is 0 Å². The summed E-state index contributed by atoms with van der Waals surface area (Å²) >= 11 is 0. The first-order valence-electron chi connectivity index (χ1n) is 6.28. The van der Waals surface area contributed by atoms with Crippen LogP contribution in [0.3, 0.4) is 0 Å². The average Bonchev–Trinajstić information content (AvgIpc) is 2.42. The maximum absolute atomic E-state index is 11.1. The Labute approximate surface area is 116 Å². The largest absolute Gasteiger partial charge is 0.500 e. The van der Waals surface area contributed by atoms with Gasteiger partial charge in [-0.1, -0.05) is 6.58 Å². The Morgan fingerprint density at radius 1 is 1.21 bits per heavy atom. The van der Waals surface area contributed by atoms with Crippen LogP contribution in [0.15, 0.2) is 12.2 Å². The van der Waals surface area contributed by atoms with Gasteiger partial charge in [0, 0.05) is 38.9 Å². The summed E-state index contributed by atoms with van der Waals surface area (Å²) in [5.74, 6) is -0.384. The molecule has 0 bridgehead atoms. The highest BCUT2D eigenvalue weighted by molar-refractivity contribution is 6.60. The van der Waals surface area contributed by atoms with Crippen molar-refractivity contribution in [2.45, 2.75) is 25.8 Å². The van der Waals surface area contributed by atoms with Gasteiger partial charge in [0.2, 0.25) is 0 Å². The van der Waals surface area contributed by atoms with Crippen LogP contribution in [0.4, 0.5) is 0 Å². The van der Waals surface area contributed by atoms with Gasteiger partial charge in [-0.25, -0.2) is 4.79 Å². The zero-order valence-electron chi connectivity index (χ0n) is 12.1. The topological polar surface area (TPSA) is 80.0 Å². The minimum Gasteiger partial charge on any atom is -0.462 e.